The molecule has 1 saturated carbocycles. The minimum Gasteiger partial charge on any atom is -0.384 e. The molecule has 2 rings (SSSR count). The van der Waals surface area contributed by atoms with Gasteiger partial charge < -0.3 is 10.1 Å². The van der Waals surface area contributed by atoms with Gasteiger partial charge in [-0.05, 0) is 43.4 Å². The monoisotopic (exact) mass is 247 g/mol. The average Bonchev–Trinajstić information content (AvgIpc) is 2.93. The van der Waals surface area contributed by atoms with Crippen LogP contribution < -0.4 is 5.32 Å². The molecule has 1 fully saturated rings. The molecule has 18 heavy (non-hydrogen) atoms. The molecule has 1 atom stereocenters. The summed E-state index contributed by atoms with van der Waals surface area (Å²) >= 11 is 0. The van der Waals surface area contributed by atoms with Gasteiger partial charge in [-0.2, -0.15) is 0 Å². The number of ether oxygens (including phenoxy) is 1. The van der Waals surface area contributed by atoms with E-state index in [9.17, 15) is 0 Å². The van der Waals surface area contributed by atoms with E-state index in [0.29, 0.717) is 6.04 Å². The highest BCUT2D eigenvalue weighted by Crippen LogP contribution is 2.35. The van der Waals surface area contributed by atoms with Crippen molar-refractivity contribution >= 4 is 0 Å². The van der Waals surface area contributed by atoms with E-state index < -0.39 is 0 Å². The summed E-state index contributed by atoms with van der Waals surface area (Å²) in [5.41, 5.74) is 2.80. The van der Waals surface area contributed by atoms with Crippen molar-refractivity contribution in [2.24, 2.45) is 5.92 Å². The first-order valence-corrected chi connectivity index (χ1v) is 7.10. The van der Waals surface area contributed by atoms with E-state index in [4.69, 9.17) is 4.74 Å². The maximum Gasteiger partial charge on any atom is 0.0502 e. The van der Waals surface area contributed by atoms with E-state index in [1.54, 1.807) is 7.11 Å². The highest BCUT2D eigenvalue weighted by atomic mass is 16.5. The smallest absolute Gasteiger partial charge is 0.0502 e. The van der Waals surface area contributed by atoms with Crippen molar-refractivity contribution in [2.75, 3.05) is 20.8 Å². The van der Waals surface area contributed by atoms with Gasteiger partial charge in [-0.1, -0.05) is 37.1 Å². The topological polar surface area (TPSA) is 21.3 Å². The summed E-state index contributed by atoms with van der Waals surface area (Å²) in [6.07, 6.45) is 6.54. The van der Waals surface area contributed by atoms with E-state index in [1.807, 2.05) is 0 Å². The Balaban J connectivity index is 2.02. The Labute approximate surface area is 111 Å². The number of benzene rings is 1. The molecule has 1 aliphatic rings. The molecule has 0 saturated heterocycles. The van der Waals surface area contributed by atoms with Crippen LogP contribution in [0, 0.1) is 5.92 Å². The van der Waals surface area contributed by atoms with Crippen molar-refractivity contribution in [2.45, 2.75) is 38.1 Å². The molecule has 0 amide bonds. The molecular weight excluding hydrogens is 222 g/mol. The molecule has 100 valence electrons. The van der Waals surface area contributed by atoms with Gasteiger partial charge in [-0.3, -0.25) is 0 Å². The Morgan fingerprint density at radius 1 is 1.22 bits per heavy atom. The first-order valence-electron chi connectivity index (χ1n) is 7.10. The largest absolute Gasteiger partial charge is 0.384 e. The van der Waals surface area contributed by atoms with E-state index in [2.05, 4.69) is 36.6 Å². The normalized spacial score (nSPS) is 18.1. The van der Waals surface area contributed by atoms with Gasteiger partial charge in [0.1, 0.15) is 0 Å². The van der Waals surface area contributed by atoms with Crippen molar-refractivity contribution < 1.29 is 4.74 Å². The van der Waals surface area contributed by atoms with Gasteiger partial charge in [0.05, 0.1) is 6.61 Å². The fourth-order valence-corrected chi connectivity index (χ4v) is 3.08. The van der Waals surface area contributed by atoms with Crippen LogP contribution in [-0.2, 0) is 11.2 Å². The third-order valence-corrected chi connectivity index (χ3v) is 4.12. The molecule has 2 heteroatoms. The molecule has 0 bridgehead atoms. The maximum atomic E-state index is 5.11. The van der Waals surface area contributed by atoms with E-state index in [1.165, 1.54) is 36.8 Å². The van der Waals surface area contributed by atoms with Gasteiger partial charge in [0.2, 0.25) is 0 Å². The van der Waals surface area contributed by atoms with Gasteiger partial charge in [-0.25, -0.2) is 0 Å². The fraction of sp³-hybridized carbons (Fsp3) is 0.625. The Kier molecular flexibility index (Phi) is 5.21. The van der Waals surface area contributed by atoms with E-state index in [0.717, 1.165) is 18.9 Å². The predicted molar refractivity (Wildman–Crippen MR) is 75.8 cm³/mol. The van der Waals surface area contributed by atoms with Crippen LogP contribution in [0.3, 0.4) is 0 Å². The van der Waals surface area contributed by atoms with Crippen LogP contribution in [0.15, 0.2) is 24.3 Å². The van der Waals surface area contributed by atoms with Crippen molar-refractivity contribution in [1.82, 2.24) is 5.32 Å². The molecular formula is C16H25NO. The average molecular weight is 247 g/mol. The molecule has 0 aliphatic heterocycles. The minimum atomic E-state index is 0.531. The van der Waals surface area contributed by atoms with Gasteiger partial charge in [0.25, 0.3) is 0 Å². The summed E-state index contributed by atoms with van der Waals surface area (Å²) in [5.74, 6) is 0.819. The summed E-state index contributed by atoms with van der Waals surface area (Å²) in [4.78, 5) is 0. The van der Waals surface area contributed by atoms with Gasteiger partial charge in [0.15, 0.2) is 0 Å². The zero-order valence-electron chi connectivity index (χ0n) is 11.6. The molecule has 2 nitrogen and oxygen atoms in total. The van der Waals surface area contributed by atoms with Crippen LogP contribution in [0.1, 0.15) is 42.9 Å². The Hall–Kier alpha value is -0.860. The number of hydrogen-bond donors (Lipinski definition) is 1. The molecule has 0 heterocycles. The van der Waals surface area contributed by atoms with Gasteiger partial charge in [0, 0.05) is 13.2 Å². The van der Waals surface area contributed by atoms with Crippen molar-refractivity contribution in [3.05, 3.63) is 35.4 Å². The second-order valence-corrected chi connectivity index (χ2v) is 5.30. The fourth-order valence-electron chi connectivity index (χ4n) is 3.08. The third kappa shape index (κ3) is 3.33. The lowest BCUT2D eigenvalue weighted by Crippen LogP contribution is -2.23. The Morgan fingerprint density at radius 2 is 1.89 bits per heavy atom. The summed E-state index contributed by atoms with van der Waals surface area (Å²) in [6, 6.07) is 9.58. The molecule has 0 spiro atoms. The maximum absolute atomic E-state index is 5.11. The third-order valence-electron chi connectivity index (χ3n) is 4.12. The number of nitrogens with one attached hydrogen (secondary N) is 1. The molecule has 1 aliphatic carbocycles. The lowest BCUT2D eigenvalue weighted by Gasteiger charge is -2.23. The molecule has 1 aromatic rings. The summed E-state index contributed by atoms with van der Waals surface area (Å²) < 4.78 is 5.11. The van der Waals surface area contributed by atoms with Crippen LogP contribution in [0.4, 0.5) is 0 Å². The highest BCUT2D eigenvalue weighted by Gasteiger charge is 2.24. The van der Waals surface area contributed by atoms with Gasteiger partial charge >= 0.3 is 0 Å². The zero-order valence-corrected chi connectivity index (χ0v) is 11.6. The zero-order chi connectivity index (χ0) is 12.8. The standard InChI is InChI=1S/C16H25NO/c1-17-16(14-5-3-4-6-14)15-9-7-13(8-10-15)11-12-18-2/h7-10,14,16-17H,3-6,11-12H2,1-2H3. The molecule has 0 aromatic heterocycles. The predicted octanol–water partition coefficient (Wildman–Crippen LogP) is 3.33. The Morgan fingerprint density at radius 3 is 2.44 bits per heavy atom. The highest BCUT2D eigenvalue weighted by molar-refractivity contribution is 5.26. The second kappa shape index (κ2) is 6.91. The van der Waals surface area contributed by atoms with E-state index >= 15 is 0 Å². The van der Waals surface area contributed by atoms with Crippen molar-refractivity contribution in [1.29, 1.82) is 0 Å². The molecule has 1 N–H and O–H groups in total. The van der Waals surface area contributed by atoms with Crippen LogP contribution >= 0.6 is 0 Å². The lowest BCUT2D eigenvalue weighted by atomic mass is 9.91. The number of rotatable bonds is 6. The summed E-state index contributed by atoms with van der Waals surface area (Å²) in [7, 11) is 3.84. The van der Waals surface area contributed by atoms with E-state index in [-0.39, 0.29) is 0 Å². The second-order valence-electron chi connectivity index (χ2n) is 5.30. The first-order chi connectivity index (χ1) is 8.85. The first kappa shape index (κ1) is 13.6. The van der Waals surface area contributed by atoms with Crippen molar-refractivity contribution in [3.8, 4) is 0 Å². The van der Waals surface area contributed by atoms with Crippen LogP contribution in [0.25, 0.3) is 0 Å². The van der Waals surface area contributed by atoms with Gasteiger partial charge in [-0.15, -0.1) is 0 Å². The quantitative estimate of drug-likeness (QED) is 0.832. The lowest BCUT2D eigenvalue weighted by molar-refractivity contribution is 0.202. The molecule has 1 aromatic carbocycles. The minimum absolute atomic E-state index is 0.531. The van der Waals surface area contributed by atoms with Crippen LogP contribution in [-0.4, -0.2) is 20.8 Å². The van der Waals surface area contributed by atoms with Crippen LogP contribution in [0.2, 0.25) is 0 Å². The molecule has 1 unspecified atom stereocenters. The SMILES string of the molecule is CNC(c1ccc(CCOC)cc1)C1CCCC1. The number of hydrogen-bond acceptors (Lipinski definition) is 2. The Bertz CT molecular complexity index is 341. The summed E-state index contributed by atoms with van der Waals surface area (Å²) in [6.45, 7) is 0.803. The van der Waals surface area contributed by atoms with Crippen molar-refractivity contribution in [3.63, 3.8) is 0 Å². The number of methoxy groups -OCH3 is 1. The summed E-state index contributed by atoms with van der Waals surface area (Å²) in [5, 5.41) is 3.50. The molecule has 0 radical (unpaired) electrons. The van der Waals surface area contributed by atoms with Crippen LogP contribution in [0.5, 0.6) is 0 Å².